The van der Waals surface area contributed by atoms with Crippen molar-refractivity contribution in [2.75, 3.05) is 18.6 Å². The first-order valence-electron chi connectivity index (χ1n) is 8.95. The molecule has 1 amide bonds. The number of carbonyl (C=O) groups is 1. The van der Waals surface area contributed by atoms with Crippen LogP contribution >= 0.6 is 0 Å². The number of hydrogen-bond donors (Lipinski definition) is 2. The number of halogens is 2. The fourth-order valence-corrected chi connectivity index (χ4v) is 3.68. The smallest absolute Gasteiger partial charge is 0.290 e. The Kier molecular flexibility index (Phi) is 4.22. The zero-order chi connectivity index (χ0) is 20.2. The Morgan fingerprint density at radius 1 is 1.39 bits per heavy atom. The normalized spacial score (nSPS) is 22.5. The molecule has 1 fully saturated rings. The molecule has 2 aromatic rings. The topological polar surface area (TPSA) is 102 Å². The van der Waals surface area contributed by atoms with Gasteiger partial charge >= 0.3 is 0 Å². The number of β-amino-alcohol motifs (C(OH)–C–C–N with tert-alkyl or cyclic N) is 1. The largest absolute Gasteiger partial charge is 0.496 e. The first-order valence-corrected chi connectivity index (χ1v) is 8.95. The van der Waals surface area contributed by atoms with Crippen molar-refractivity contribution in [3.05, 3.63) is 35.0 Å². The van der Waals surface area contributed by atoms with Crippen molar-refractivity contribution in [3.8, 4) is 17.0 Å². The van der Waals surface area contributed by atoms with E-state index in [2.05, 4.69) is 9.97 Å². The zero-order valence-electron chi connectivity index (χ0n) is 15.4. The molecule has 0 unspecified atom stereocenters. The molecule has 2 atom stereocenters. The van der Waals surface area contributed by atoms with E-state index in [4.69, 9.17) is 10.5 Å². The molecule has 28 heavy (non-hydrogen) atoms. The molecule has 2 aliphatic rings. The van der Waals surface area contributed by atoms with E-state index in [0.29, 0.717) is 16.8 Å². The monoisotopic (exact) mass is 390 g/mol. The third kappa shape index (κ3) is 2.77. The van der Waals surface area contributed by atoms with Crippen LogP contribution < -0.4 is 15.4 Å². The predicted molar refractivity (Wildman–Crippen MR) is 97.6 cm³/mol. The third-order valence-corrected chi connectivity index (χ3v) is 5.46. The molecule has 0 radical (unpaired) electrons. The van der Waals surface area contributed by atoms with E-state index in [1.165, 1.54) is 13.2 Å². The lowest BCUT2D eigenvalue weighted by molar-refractivity contribution is -0.00603. The molecule has 9 heteroatoms. The molecule has 0 saturated carbocycles. The highest BCUT2D eigenvalue weighted by Gasteiger charge is 2.45. The van der Waals surface area contributed by atoms with Gasteiger partial charge in [-0.1, -0.05) is 6.07 Å². The molecule has 1 aliphatic heterocycles. The number of methoxy groups -OCH3 is 1. The molecule has 4 rings (SSSR count). The van der Waals surface area contributed by atoms with E-state index in [1.54, 1.807) is 24.0 Å². The number of amides is 1. The van der Waals surface area contributed by atoms with Crippen LogP contribution in [0.4, 0.5) is 14.7 Å². The van der Waals surface area contributed by atoms with E-state index < -0.39 is 17.9 Å². The average Bonchev–Trinajstić information content (AvgIpc) is 2.99. The Morgan fingerprint density at radius 3 is 2.75 bits per heavy atom. The molecule has 0 bridgehead atoms. The highest BCUT2D eigenvalue weighted by molar-refractivity contribution is 5.96. The standard InChI is InChI=1S/C19H20F2N4O3/c1-9-13(26)8-25(9)18-23-15(12-5-6-19(20,21)16(12)24-18)10-3-4-11(17(22)27)14(7-10)28-2/h3-4,7,9,13,26H,5-6,8H2,1-2H3,(H2,22,27)/t9-,13+/m0/s1. The number of carbonyl (C=O) groups excluding carboxylic acids is 1. The SMILES string of the molecule is COc1cc(-c2nc(N3C[C@@H](O)[C@@H]3C)nc3c2CCC3(F)F)ccc1C(N)=O. The maximum absolute atomic E-state index is 14.4. The lowest BCUT2D eigenvalue weighted by atomic mass is 10.0. The highest BCUT2D eigenvalue weighted by atomic mass is 19.3. The number of rotatable bonds is 4. The number of benzene rings is 1. The zero-order valence-corrected chi connectivity index (χ0v) is 15.4. The van der Waals surface area contributed by atoms with Gasteiger partial charge in [-0.2, -0.15) is 8.78 Å². The molecular formula is C19H20F2N4O3. The molecule has 1 saturated heterocycles. The molecule has 148 valence electrons. The molecule has 2 heterocycles. The maximum atomic E-state index is 14.4. The fourth-order valence-electron chi connectivity index (χ4n) is 3.68. The number of anilines is 1. The first kappa shape index (κ1) is 18.5. The van der Waals surface area contributed by atoms with Gasteiger partial charge in [0.15, 0.2) is 0 Å². The van der Waals surface area contributed by atoms with Crippen LogP contribution in [0.2, 0.25) is 0 Å². The van der Waals surface area contributed by atoms with Crippen LogP contribution in [-0.4, -0.2) is 46.8 Å². The number of nitrogens with zero attached hydrogens (tertiary/aromatic N) is 3. The summed E-state index contributed by atoms with van der Waals surface area (Å²) in [4.78, 5) is 21.9. The Balaban J connectivity index is 1.87. The molecule has 3 N–H and O–H groups in total. The molecule has 7 nitrogen and oxygen atoms in total. The summed E-state index contributed by atoms with van der Waals surface area (Å²) < 4.78 is 34.1. The lowest BCUT2D eigenvalue weighted by Crippen LogP contribution is -2.59. The van der Waals surface area contributed by atoms with E-state index in [9.17, 15) is 18.7 Å². The Labute approximate surface area is 160 Å². The van der Waals surface area contributed by atoms with E-state index >= 15 is 0 Å². The Morgan fingerprint density at radius 2 is 2.14 bits per heavy atom. The van der Waals surface area contributed by atoms with Crippen molar-refractivity contribution < 1.29 is 23.4 Å². The van der Waals surface area contributed by atoms with Gasteiger partial charge in [-0.15, -0.1) is 0 Å². The predicted octanol–water partition coefficient (Wildman–Crippen LogP) is 1.86. The Hall–Kier alpha value is -2.81. The number of nitrogens with two attached hydrogens (primary N) is 1. The van der Waals surface area contributed by atoms with E-state index in [0.717, 1.165) is 0 Å². The molecule has 1 aromatic heterocycles. The van der Waals surface area contributed by atoms with Gasteiger partial charge < -0.3 is 20.5 Å². The number of fused-ring (bicyclic) bond motifs is 1. The minimum Gasteiger partial charge on any atom is -0.496 e. The van der Waals surface area contributed by atoms with Crippen LogP contribution in [0.5, 0.6) is 5.75 Å². The van der Waals surface area contributed by atoms with Gasteiger partial charge in [-0.3, -0.25) is 4.79 Å². The number of aliphatic hydroxyl groups excluding tert-OH is 1. The minimum atomic E-state index is -3.04. The number of aromatic nitrogens is 2. The summed E-state index contributed by atoms with van der Waals surface area (Å²) >= 11 is 0. The van der Waals surface area contributed by atoms with Crippen molar-refractivity contribution in [2.45, 2.75) is 37.8 Å². The molecule has 1 aromatic carbocycles. The number of primary amides is 1. The van der Waals surface area contributed by atoms with Crippen LogP contribution in [0.15, 0.2) is 18.2 Å². The number of aliphatic hydroxyl groups is 1. The number of ether oxygens (including phenoxy) is 1. The van der Waals surface area contributed by atoms with Gasteiger partial charge in [0.1, 0.15) is 11.4 Å². The lowest BCUT2D eigenvalue weighted by Gasteiger charge is -2.43. The number of alkyl halides is 2. The third-order valence-electron chi connectivity index (χ3n) is 5.46. The second-order valence-electron chi connectivity index (χ2n) is 7.14. The second-order valence-corrected chi connectivity index (χ2v) is 7.14. The Bertz CT molecular complexity index is 966. The van der Waals surface area contributed by atoms with Crippen molar-refractivity contribution in [2.24, 2.45) is 5.73 Å². The summed E-state index contributed by atoms with van der Waals surface area (Å²) in [6, 6.07) is 4.41. The summed E-state index contributed by atoms with van der Waals surface area (Å²) in [5, 5.41) is 9.78. The van der Waals surface area contributed by atoms with Crippen LogP contribution in [0, 0.1) is 0 Å². The summed E-state index contributed by atoms with van der Waals surface area (Å²) in [5.74, 6) is -3.28. The first-order chi connectivity index (χ1) is 13.2. The highest BCUT2D eigenvalue weighted by Crippen LogP contribution is 2.45. The quantitative estimate of drug-likeness (QED) is 0.826. The van der Waals surface area contributed by atoms with Gasteiger partial charge in [0.25, 0.3) is 11.8 Å². The van der Waals surface area contributed by atoms with Crippen molar-refractivity contribution in [3.63, 3.8) is 0 Å². The van der Waals surface area contributed by atoms with Gasteiger partial charge in [0.2, 0.25) is 5.95 Å². The van der Waals surface area contributed by atoms with E-state index in [-0.39, 0.29) is 48.4 Å². The minimum absolute atomic E-state index is 0.149. The van der Waals surface area contributed by atoms with Gasteiger partial charge in [-0.25, -0.2) is 9.97 Å². The van der Waals surface area contributed by atoms with Gasteiger partial charge in [-0.05, 0) is 25.5 Å². The van der Waals surface area contributed by atoms with Crippen LogP contribution in [-0.2, 0) is 12.3 Å². The van der Waals surface area contributed by atoms with Crippen molar-refractivity contribution >= 4 is 11.9 Å². The van der Waals surface area contributed by atoms with Crippen LogP contribution in [0.25, 0.3) is 11.3 Å². The van der Waals surface area contributed by atoms with Crippen LogP contribution in [0.3, 0.4) is 0 Å². The summed E-state index contributed by atoms with van der Waals surface area (Å²) in [7, 11) is 1.40. The van der Waals surface area contributed by atoms with E-state index in [1.807, 2.05) is 0 Å². The molecule has 1 aliphatic carbocycles. The molecule has 0 spiro atoms. The van der Waals surface area contributed by atoms with Crippen molar-refractivity contribution in [1.29, 1.82) is 0 Å². The summed E-state index contributed by atoms with van der Waals surface area (Å²) in [6.07, 6.45) is -0.728. The van der Waals surface area contributed by atoms with Crippen molar-refractivity contribution in [1.82, 2.24) is 9.97 Å². The van der Waals surface area contributed by atoms with Gasteiger partial charge in [0.05, 0.1) is 30.5 Å². The summed E-state index contributed by atoms with van der Waals surface area (Å²) in [5.41, 5.74) is 6.56. The number of hydrogen-bond acceptors (Lipinski definition) is 6. The van der Waals surface area contributed by atoms with Crippen LogP contribution in [0.1, 0.15) is 35.0 Å². The average molecular weight is 390 g/mol. The fraction of sp³-hybridized carbons (Fsp3) is 0.421. The molecular weight excluding hydrogens is 370 g/mol. The second kappa shape index (κ2) is 6.37. The summed E-state index contributed by atoms with van der Waals surface area (Å²) in [6.45, 7) is 2.07. The maximum Gasteiger partial charge on any atom is 0.290 e. The van der Waals surface area contributed by atoms with Gasteiger partial charge in [0, 0.05) is 24.1 Å².